The second-order valence-electron chi connectivity index (χ2n) is 10.5. The number of nitrogens with two attached hydrogens (primary N) is 1. The molecule has 9 atom stereocenters. The van der Waals surface area contributed by atoms with Gasteiger partial charge in [-0.1, -0.05) is 13.8 Å². The van der Waals surface area contributed by atoms with Crippen LogP contribution >= 0.6 is 0 Å². The van der Waals surface area contributed by atoms with Crippen LogP contribution in [-0.4, -0.2) is 47.6 Å². The number of hydrogen-bond acceptors (Lipinski definition) is 4. The number of rotatable bonds is 4. The largest absolute Gasteiger partial charge is 0.393 e. The van der Waals surface area contributed by atoms with E-state index in [-0.39, 0.29) is 35.1 Å². The van der Waals surface area contributed by atoms with Crippen LogP contribution in [0.5, 0.6) is 0 Å². The molecule has 6 heteroatoms. The van der Waals surface area contributed by atoms with Gasteiger partial charge >= 0.3 is 0 Å². The first kappa shape index (κ1) is 20.4. The van der Waals surface area contributed by atoms with Crippen molar-refractivity contribution in [3.8, 4) is 0 Å². The normalized spacial score (nSPS) is 50.4. The number of nitrogens with one attached hydrogen (secondary N) is 2. The van der Waals surface area contributed by atoms with Crippen molar-refractivity contribution < 1.29 is 14.9 Å². The van der Waals surface area contributed by atoms with E-state index in [0.717, 1.165) is 44.9 Å². The maximum Gasteiger partial charge on any atom is 0.185 e. The predicted molar refractivity (Wildman–Crippen MR) is 109 cm³/mol. The summed E-state index contributed by atoms with van der Waals surface area (Å²) in [4.78, 5) is 0. The Morgan fingerprint density at radius 2 is 1.75 bits per heavy atom. The van der Waals surface area contributed by atoms with Crippen LogP contribution in [0.2, 0.25) is 0 Å². The zero-order valence-electron chi connectivity index (χ0n) is 17.5. The third-order valence-corrected chi connectivity index (χ3v) is 9.35. The van der Waals surface area contributed by atoms with E-state index in [1.54, 1.807) is 0 Å². The van der Waals surface area contributed by atoms with Gasteiger partial charge in [0.2, 0.25) is 0 Å². The highest BCUT2D eigenvalue weighted by atomic mass is 16.5. The van der Waals surface area contributed by atoms with Crippen LogP contribution in [0.1, 0.15) is 65.2 Å². The van der Waals surface area contributed by atoms with Gasteiger partial charge in [-0.15, -0.1) is 0 Å². The van der Waals surface area contributed by atoms with Gasteiger partial charge in [0.25, 0.3) is 0 Å². The van der Waals surface area contributed by atoms with Crippen LogP contribution in [-0.2, 0) is 4.74 Å². The van der Waals surface area contributed by atoms with Crippen molar-refractivity contribution in [3.63, 3.8) is 0 Å². The zero-order chi connectivity index (χ0) is 20.1. The minimum absolute atomic E-state index is 0.0186. The number of aliphatic hydroxyl groups is 2. The van der Waals surface area contributed by atoms with E-state index in [1.807, 2.05) is 0 Å². The molecule has 0 radical (unpaired) electrons. The molecule has 0 aromatic heterocycles. The standard InChI is InChI=1S/C22H39N3O3/c1-21-7-5-13(28-10-9-25-20(23)24)11-17(21)18(26)12-14-15-3-4-19(27)22(15,2)8-6-16(14)21/h13-19,26-27H,3-12H2,1-2H3,(H4,23,24,25)/t13-,14-,15-,16-,17+,18-,19-,21+,22-/m0/s1. The Labute approximate surface area is 169 Å². The molecule has 0 bridgehead atoms. The first-order valence-corrected chi connectivity index (χ1v) is 11.3. The van der Waals surface area contributed by atoms with Gasteiger partial charge < -0.3 is 26.0 Å². The van der Waals surface area contributed by atoms with Crippen molar-refractivity contribution in [1.29, 1.82) is 5.41 Å². The first-order chi connectivity index (χ1) is 13.3. The van der Waals surface area contributed by atoms with Crippen molar-refractivity contribution in [1.82, 2.24) is 5.32 Å². The van der Waals surface area contributed by atoms with Gasteiger partial charge in [-0.25, -0.2) is 0 Å². The summed E-state index contributed by atoms with van der Waals surface area (Å²) < 4.78 is 6.05. The van der Waals surface area contributed by atoms with Crippen LogP contribution in [0, 0.1) is 39.9 Å². The van der Waals surface area contributed by atoms with E-state index >= 15 is 0 Å². The molecule has 6 nitrogen and oxygen atoms in total. The molecule has 160 valence electrons. The van der Waals surface area contributed by atoms with Gasteiger partial charge in [0.05, 0.1) is 24.9 Å². The molecule has 0 amide bonds. The van der Waals surface area contributed by atoms with Crippen molar-refractivity contribution in [2.75, 3.05) is 13.2 Å². The van der Waals surface area contributed by atoms with Crippen molar-refractivity contribution in [3.05, 3.63) is 0 Å². The van der Waals surface area contributed by atoms with Gasteiger partial charge in [0.15, 0.2) is 5.96 Å². The predicted octanol–water partition coefficient (Wildman–Crippen LogP) is 2.23. The fourth-order valence-corrected chi connectivity index (χ4v) is 7.80. The van der Waals surface area contributed by atoms with E-state index in [2.05, 4.69) is 19.2 Å². The van der Waals surface area contributed by atoms with Crippen molar-refractivity contribution in [2.45, 2.75) is 83.5 Å². The molecule has 0 aromatic rings. The Hall–Kier alpha value is -0.850. The quantitative estimate of drug-likeness (QED) is 0.286. The smallest absolute Gasteiger partial charge is 0.185 e. The molecule has 0 unspecified atom stereocenters. The molecule has 4 saturated carbocycles. The van der Waals surface area contributed by atoms with Crippen LogP contribution in [0.25, 0.3) is 0 Å². The molecule has 28 heavy (non-hydrogen) atoms. The lowest BCUT2D eigenvalue weighted by Crippen LogP contribution is -2.58. The highest BCUT2D eigenvalue weighted by Crippen LogP contribution is 2.66. The van der Waals surface area contributed by atoms with Crippen molar-refractivity contribution in [2.24, 2.45) is 40.2 Å². The summed E-state index contributed by atoms with van der Waals surface area (Å²) in [5.74, 6) is 2.09. The molecule has 4 fully saturated rings. The van der Waals surface area contributed by atoms with E-state index in [9.17, 15) is 10.2 Å². The molecule has 0 aromatic carbocycles. The SMILES string of the molecule is C[C@]12CC[C@H](OCCNC(=N)N)C[C@@H]1[C@@H](O)C[C@@H]1[C@@H]2CC[C@]2(C)[C@@H](O)CC[C@@H]12. The summed E-state index contributed by atoms with van der Waals surface area (Å²) in [6.07, 6.45) is 8.17. The second kappa shape index (κ2) is 7.44. The van der Waals surface area contributed by atoms with Gasteiger partial charge in [-0.3, -0.25) is 5.41 Å². The third-order valence-electron chi connectivity index (χ3n) is 9.35. The molecular weight excluding hydrogens is 354 g/mol. The molecule has 0 heterocycles. The molecule has 4 aliphatic rings. The average molecular weight is 394 g/mol. The van der Waals surface area contributed by atoms with Crippen LogP contribution in [0.15, 0.2) is 0 Å². The number of guanidine groups is 1. The van der Waals surface area contributed by atoms with Crippen LogP contribution in [0.4, 0.5) is 0 Å². The highest BCUT2D eigenvalue weighted by Gasteiger charge is 2.62. The zero-order valence-corrected chi connectivity index (χ0v) is 17.5. The Morgan fingerprint density at radius 1 is 1.04 bits per heavy atom. The van der Waals surface area contributed by atoms with E-state index in [4.69, 9.17) is 15.9 Å². The number of aliphatic hydroxyl groups excluding tert-OH is 2. The molecule has 6 N–H and O–H groups in total. The maximum atomic E-state index is 11.2. The Bertz CT molecular complexity index is 602. The number of hydrogen-bond donors (Lipinski definition) is 5. The summed E-state index contributed by atoms with van der Waals surface area (Å²) in [6.45, 7) is 5.84. The fraction of sp³-hybridized carbons (Fsp3) is 0.955. The van der Waals surface area contributed by atoms with Gasteiger partial charge in [0.1, 0.15) is 0 Å². The summed E-state index contributed by atoms with van der Waals surface area (Å²) in [6, 6.07) is 0. The second-order valence-corrected chi connectivity index (χ2v) is 10.5. The van der Waals surface area contributed by atoms with Crippen molar-refractivity contribution >= 4 is 5.96 Å². The molecule has 0 spiro atoms. The lowest BCUT2D eigenvalue weighted by atomic mass is 9.44. The van der Waals surface area contributed by atoms with E-state index in [1.165, 1.54) is 6.42 Å². The van der Waals surface area contributed by atoms with Crippen LogP contribution < -0.4 is 11.1 Å². The number of ether oxygens (including phenoxy) is 1. The maximum absolute atomic E-state index is 11.2. The molecule has 4 aliphatic carbocycles. The Kier molecular flexibility index (Phi) is 5.43. The fourth-order valence-electron chi connectivity index (χ4n) is 7.80. The van der Waals surface area contributed by atoms with E-state index in [0.29, 0.717) is 36.8 Å². The molecular formula is C22H39N3O3. The summed E-state index contributed by atoms with van der Waals surface area (Å²) >= 11 is 0. The van der Waals surface area contributed by atoms with Gasteiger partial charge in [-0.05, 0) is 85.9 Å². The molecule has 4 rings (SSSR count). The minimum Gasteiger partial charge on any atom is -0.393 e. The summed E-state index contributed by atoms with van der Waals surface area (Å²) in [5, 5.41) is 31.8. The average Bonchev–Trinajstić information content (AvgIpc) is 2.95. The highest BCUT2D eigenvalue weighted by molar-refractivity contribution is 5.74. The van der Waals surface area contributed by atoms with Crippen LogP contribution in [0.3, 0.4) is 0 Å². The monoisotopic (exact) mass is 393 g/mol. The minimum atomic E-state index is -0.256. The molecule has 0 saturated heterocycles. The van der Waals surface area contributed by atoms with Gasteiger partial charge in [-0.2, -0.15) is 0 Å². The number of fused-ring (bicyclic) bond motifs is 5. The lowest BCUT2D eigenvalue weighted by Gasteiger charge is -2.62. The third kappa shape index (κ3) is 3.25. The topological polar surface area (TPSA) is 112 Å². The molecule has 0 aliphatic heterocycles. The summed E-state index contributed by atoms with van der Waals surface area (Å²) in [7, 11) is 0. The Balaban J connectivity index is 1.43. The Morgan fingerprint density at radius 3 is 2.50 bits per heavy atom. The first-order valence-electron chi connectivity index (χ1n) is 11.3. The lowest BCUT2D eigenvalue weighted by molar-refractivity contribution is -0.179. The van der Waals surface area contributed by atoms with E-state index < -0.39 is 0 Å². The van der Waals surface area contributed by atoms with Gasteiger partial charge in [0, 0.05) is 6.54 Å². The summed E-state index contributed by atoms with van der Waals surface area (Å²) in [5.41, 5.74) is 5.57.